The van der Waals surface area contributed by atoms with Crippen molar-refractivity contribution in [3.05, 3.63) is 47.1 Å². The Kier molecular flexibility index (Phi) is 9.71. The largest absolute Gasteiger partial charge is 0.458 e. The molecule has 0 saturated carbocycles. The van der Waals surface area contributed by atoms with Crippen molar-refractivity contribution in [1.29, 1.82) is 0 Å². The summed E-state index contributed by atoms with van der Waals surface area (Å²) in [6.45, 7) is 19.9. The number of aryl methyl sites for hydroxylation is 1. The molecule has 7 nitrogen and oxygen atoms in total. The minimum absolute atomic E-state index is 0.0129. The van der Waals surface area contributed by atoms with E-state index in [0.29, 0.717) is 29.8 Å². The number of ether oxygens (including phenoxy) is 4. The summed E-state index contributed by atoms with van der Waals surface area (Å²) in [5.41, 5.74) is 1.97. The molecule has 39 heavy (non-hydrogen) atoms. The first-order valence-corrected chi connectivity index (χ1v) is 14.2. The van der Waals surface area contributed by atoms with Crippen molar-refractivity contribution in [2.45, 2.75) is 112 Å². The molecule has 0 aromatic heterocycles. The normalized spacial score (nSPS) is 28.9. The van der Waals surface area contributed by atoms with Gasteiger partial charge < -0.3 is 18.9 Å². The number of cyclic esters (lactones) is 1. The number of carbonyl (C=O) groups excluding carboxylic acids is 2. The molecule has 1 aromatic carbocycles. The maximum absolute atomic E-state index is 13.5. The second-order valence-corrected chi connectivity index (χ2v) is 12.3. The predicted molar refractivity (Wildman–Crippen MR) is 155 cm³/mol. The van der Waals surface area contributed by atoms with Gasteiger partial charge in [0.25, 0.3) is 0 Å². The summed E-state index contributed by atoms with van der Waals surface area (Å²) in [4.78, 5) is 28.2. The lowest BCUT2D eigenvalue weighted by atomic mass is 9.93. The SMILES string of the molecule is CCCN(C(=O)OC(C)(C)C)c1cc(C)c2c(c1)/C=C/C[C@@H]1OC(C)(C)O[C@@H]1[C@H](C)/C=C\[C@@H](C)[C@H](C)OC2=O. The highest BCUT2D eigenvalue weighted by Gasteiger charge is 2.42. The van der Waals surface area contributed by atoms with Gasteiger partial charge in [-0.1, -0.05) is 45.1 Å². The highest BCUT2D eigenvalue weighted by atomic mass is 16.8. The third-order valence-corrected chi connectivity index (χ3v) is 7.08. The molecule has 0 aliphatic carbocycles. The molecule has 2 aliphatic heterocycles. The van der Waals surface area contributed by atoms with Gasteiger partial charge >= 0.3 is 12.1 Å². The average Bonchev–Trinajstić information content (AvgIpc) is 3.12. The minimum atomic E-state index is -0.674. The van der Waals surface area contributed by atoms with Crippen LogP contribution < -0.4 is 4.90 Å². The van der Waals surface area contributed by atoms with Gasteiger partial charge in [-0.2, -0.15) is 0 Å². The van der Waals surface area contributed by atoms with E-state index in [1.807, 2.05) is 86.6 Å². The topological polar surface area (TPSA) is 74.3 Å². The van der Waals surface area contributed by atoms with Crippen LogP contribution in [0.5, 0.6) is 0 Å². The Morgan fingerprint density at radius 3 is 2.41 bits per heavy atom. The molecular formula is C32H47NO6. The first kappa shape index (κ1) is 30.9. The van der Waals surface area contributed by atoms with E-state index in [0.717, 1.165) is 12.0 Å². The average molecular weight is 542 g/mol. The summed E-state index contributed by atoms with van der Waals surface area (Å²) in [5.74, 6) is -0.919. The van der Waals surface area contributed by atoms with Crippen molar-refractivity contribution in [3.8, 4) is 0 Å². The summed E-state index contributed by atoms with van der Waals surface area (Å²) >= 11 is 0. The number of hydrogen-bond acceptors (Lipinski definition) is 6. The Morgan fingerprint density at radius 2 is 1.77 bits per heavy atom. The summed E-state index contributed by atoms with van der Waals surface area (Å²) in [5, 5.41) is 0. The highest BCUT2D eigenvalue weighted by molar-refractivity contribution is 5.97. The van der Waals surface area contributed by atoms with E-state index < -0.39 is 17.5 Å². The lowest BCUT2D eigenvalue weighted by Gasteiger charge is -2.28. The smallest absolute Gasteiger partial charge is 0.414 e. The van der Waals surface area contributed by atoms with E-state index >= 15 is 0 Å². The molecule has 3 rings (SSSR count). The molecule has 7 heteroatoms. The maximum atomic E-state index is 13.5. The fourth-order valence-corrected chi connectivity index (χ4v) is 5.00. The van der Waals surface area contributed by atoms with Crippen LogP contribution in [0.3, 0.4) is 0 Å². The second kappa shape index (κ2) is 12.3. The van der Waals surface area contributed by atoms with Gasteiger partial charge in [0.1, 0.15) is 11.7 Å². The van der Waals surface area contributed by atoms with Crippen LogP contribution >= 0.6 is 0 Å². The second-order valence-electron chi connectivity index (χ2n) is 12.3. The van der Waals surface area contributed by atoms with Crippen molar-refractivity contribution < 1.29 is 28.5 Å². The third-order valence-electron chi connectivity index (χ3n) is 7.08. The van der Waals surface area contributed by atoms with Gasteiger partial charge in [0.15, 0.2) is 5.79 Å². The van der Waals surface area contributed by atoms with E-state index in [1.165, 1.54) is 0 Å². The number of benzene rings is 1. The first-order chi connectivity index (χ1) is 18.1. The molecule has 1 aromatic rings. The van der Waals surface area contributed by atoms with E-state index in [4.69, 9.17) is 18.9 Å². The zero-order valence-corrected chi connectivity index (χ0v) is 25.4. The quantitative estimate of drug-likeness (QED) is 0.292. The Morgan fingerprint density at radius 1 is 1.10 bits per heavy atom. The van der Waals surface area contributed by atoms with Crippen molar-refractivity contribution in [2.24, 2.45) is 11.8 Å². The van der Waals surface area contributed by atoms with E-state index in [-0.39, 0.29) is 36.1 Å². The van der Waals surface area contributed by atoms with Crippen LogP contribution in [0.4, 0.5) is 10.5 Å². The number of rotatable bonds is 3. The number of hydrogen-bond donors (Lipinski definition) is 0. The lowest BCUT2D eigenvalue weighted by Crippen LogP contribution is -2.37. The van der Waals surface area contributed by atoms with Crippen LogP contribution in [0.2, 0.25) is 0 Å². The molecule has 2 aliphatic rings. The third kappa shape index (κ3) is 7.95. The summed E-state index contributed by atoms with van der Waals surface area (Å²) < 4.78 is 24.2. The monoisotopic (exact) mass is 541 g/mol. The van der Waals surface area contributed by atoms with E-state index in [9.17, 15) is 9.59 Å². The molecule has 5 atom stereocenters. The van der Waals surface area contributed by atoms with Crippen LogP contribution in [0.25, 0.3) is 6.08 Å². The number of amides is 1. The van der Waals surface area contributed by atoms with Crippen molar-refractivity contribution >= 4 is 23.8 Å². The molecule has 0 radical (unpaired) electrons. The number of fused-ring (bicyclic) bond motifs is 2. The number of nitrogens with zero attached hydrogens (tertiary/aromatic N) is 1. The zero-order valence-electron chi connectivity index (χ0n) is 25.4. The molecule has 0 spiro atoms. The molecule has 0 bridgehead atoms. The molecule has 0 unspecified atom stereocenters. The zero-order chi connectivity index (χ0) is 29.1. The molecule has 1 fully saturated rings. The highest BCUT2D eigenvalue weighted by Crippen LogP contribution is 2.35. The number of anilines is 1. The van der Waals surface area contributed by atoms with Crippen LogP contribution in [-0.4, -0.2) is 48.3 Å². The van der Waals surface area contributed by atoms with E-state index in [1.54, 1.807) is 4.90 Å². The minimum Gasteiger partial charge on any atom is -0.458 e. The molecular weight excluding hydrogens is 494 g/mol. The lowest BCUT2D eigenvalue weighted by molar-refractivity contribution is -0.148. The standard InChI is InChI=1S/C32H47NO6/c1-11-17-33(30(35)39-31(6,7)8)25-18-22(4)27-24(19-25)13-12-14-26-28(38-32(9,10)37-26)21(3)16-15-20(2)23(5)36-29(27)34/h12-13,15-16,18-21,23,26,28H,11,14,17H2,1-10H3/b13-12+,16-15-/t20-,21-,23+,26+,28-/m1/s1. The van der Waals surface area contributed by atoms with Gasteiger partial charge in [-0.25, -0.2) is 9.59 Å². The van der Waals surface area contributed by atoms with Gasteiger partial charge in [-0.05, 0) is 84.6 Å². The summed E-state index contributed by atoms with van der Waals surface area (Å²) in [6, 6.07) is 3.73. The van der Waals surface area contributed by atoms with Crippen LogP contribution in [0.15, 0.2) is 30.4 Å². The van der Waals surface area contributed by atoms with Crippen molar-refractivity contribution in [1.82, 2.24) is 0 Å². The number of carbonyl (C=O) groups is 2. The summed E-state index contributed by atoms with van der Waals surface area (Å²) in [6.07, 6.45) is 8.56. The molecule has 2 heterocycles. The Balaban J connectivity index is 2.08. The fourth-order valence-electron chi connectivity index (χ4n) is 5.00. The Bertz CT molecular complexity index is 1100. The van der Waals surface area contributed by atoms with Crippen LogP contribution in [0.1, 0.15) is 96.6 Å². The van der Waals surface area contributed by atoms with Gasteiger partial charge in [-0.15, -0.1) is 0 Å². The Hall–Kier alpha value is -2.64. The Labute approximate surface area is 234 Å². The van der Waals surface area contributed by atoms with E-state index in [2.05, 4.69) is 19.1 Å². The van der Waals surface area contributed by atoms with Gasteiger partial charge in [0.2, 0.25) is 0 Å². The molecule has 1 amide bonds. The molecule has 1 saturated heterocycles. The van der Waals surface area contributed by atoms with Crippen LogP contribution in [0, 0.1) is 18.8 Å². The number of esters is 1. The van der Waals surface area contributed by atoms with Crippen molar-refractivity contribution in [3.63, 3.8) is 0 Å². The van der Waals surface area contributed by atoms with Gasteiger partial charge in [0, 0.05) is 24.1 Å². The molecule has 0 N–H and O–H groups in total. The fraction of sp³-hybridized carbons (Fsp3) is 0.625. The van der Waals surface area contributed by atoms with Gasteiger partial charge in [-0.3, -0.25) is 4.90 Å². The van der Waals surface area contributed by atoms with Crippen molar-refractivity contribution in [2.75, 3.05) is 11.4 Å². The molecule has 216 valence electrons. The first-order valence-electron chi connectivity index (χ1n) is 14.2. The predicted octanol–water partition coefficient (Wildman–Crippen LogP) is 7.46. The van der Waals surface area contributed by atoms with Crippen LogP contribution in [-0.2, 0) is 18.9 Å². The maximum Gasteiger partial charge on any atom is 0.414 e. The van der Waals surface area contributed by atoms with Gasteiger partial charge in [0.05, 0.1) is 17.8 Å². The summed E-state index contributed by atoms with van der Waals surface area (Å²) in [7, 11) is 0.